The third kappa shape index (κ3) is 3.96. The lowest BCUT2D eigenvalue weighted by Crippen LogP contribution is -2.46. The molecule has 2 aromatic heterocycles. The van der Waals surface area contributed by atoms with Crippen LogP contribution in [0.2, 0.25) is 5.02 Å². The van der Waals surface area contributed by atoms with Gasteiger partial charge in [0.15, 0.2) is 0 Å². The Balaban J connectivity index is 1.45. The lowest BCUT2D eigenvalue weighted by molar-refractivity contribution is 0.249. The summed E-state index contributed by atoms with van der Waals surface area (Å²) in [4.78, 5) is 9.02. The van der Waals surface area contributed by atoms with Crippen LogP contribution in [0.5, 0.6) is 0 Å². The average molecular weight is 386 g/mol. The van der Waals surface area contributed by atoms with Crippen LogP contribution in [0.15, 0.2) is 48.8 Å². The first-order valence-electron chi connectivity index (χ1n) is 8.96. The Kier molecular flexibility index (Phi) is 5.09. The van der Waals surface area contributed by atoms with Gasteiger partial charge in [-0.25, -0.2) is 9.37 Å². The number of aryl methyl sites for hydroxylation is 1. The first-order valence-corrected chi connectivity index (χ1v) is 9.34. The summed E-state index contributed by atoms with van der Waals surface area (Å²) < 4.78 is 16.0. The van der Waals surface area contributed by atoms with Gasteiger partial charge in [0.25, 0.3) is 0 Å². The molecule has 0 spiro atoms. The molecule has 1 aromatic carbocycles. The maximum atomic E-state index is 14.2. The number of anilines is 1. The average Bonchev–Trinajstić information content (AvgIpc) is 3.03. The maximum Gasteiger partial charge on any atom is 0.132 e. The molecule has 5 nitrogen and oxygen atoms in total. The van der Waals surface area contributed by atoms with E-state index in [1.54, 1.807) is 23.0 Å². The van der Waals surface area contributed by atoms with Gasteiger partial charge >= 0.3 is 0 Å². The van der Waals surface area contributed by atoms with Crippen molar-refractivity contribution in [2.24, 2.45) is 7.05 Å². The van der Waals surface area contributed by atoms with Crippen LogP contribution >= 0.6 is 11.6 Å². The first-order chi connectivity index (χ1) is 13.1. The molecule has 0 N–H and O–H groups in total. The molecule has 3 heterocycles. The molecule has 1 saturated heterocycles. The summed E-state index contributed by atoms with van der Waals surface area (Å²) in [6, 6.07) is 10.6. The largest absolute Gasteiger partial charge is 0.354 e. The van der Waals surface area contributed by atoms with Gasteiger partial charge < -0.3 is 4.90 Å². The van der Waals surface area contributed by atoms with Gasteiger partial charge in [0.05, 0.1) is 10.7 Å². The number of benzene rings is 1. The highest BCUT2D eigenvalue weighted by Crippen LogP contribution is 2.26. The number of piperazine rings is 1. The van der Waals surface area contributed by atoms with Crippen molar-refractivity contribution in [1.82, 2.24) is 19.7 Å². The number of halogens is 2. The van der Waals surface area contributed by atoms with Crippen LogP contribution in [0.25, 0.3) is 11.3 Å². The van der Waals surface area contributed by atoms with Crippen molar-refractivity contribution < 1.29 is 4.39 Å². The third-order valence-electron chi connectivity index (χ3n) is 4.84. The van der Waals surface area contributed by atoms with Crippen LogP contribution in [0.3, 0.4) is 0 Å². The van der Waals surface area contributed by atoms with Gasteiger partial charge in [-0.1, -0.05) is 23.7 Å². The third-order valence-corrected chi connectivity index (χ3v) is 5.06. The number of hydrogen-bond acceptors (Lipinski definition) is 4. The van der Waals surface area contributed by atoms with Gasteiger partial charge in [-0.2, -0.15) is 5.10 Å². The second kappa shape index (κ2) is 7.66. The standard InChI is InChI=1S/C20H21ClFN5/c1-25-13-15(20(24-25)17-4-2-3-5-18(17)22)14-26-8-10-27(11-9-26)19-7-6-16(21)12-23-19/h2-7,12-13H,8-11,14H2,1H3. The summed E-state index contributed by atoms with van der Waals surface area (Å²) in [6.07, 6.45) is 3.66. The van der Waals surface area contributed by atoms with Crippen molar-refractivity contribution >= 4 is 17.4 Å². The minimum absolute atomic E-state index is 0.240. The van der Waals surface area contributed by atoms with Gasteiger partial charge in [0.2, 0.25) is 0 Å². The quantitative estimate of drug-likeness (QED) is 0.687. The normalized spacial score (nSPS) is 15.3. The maximum absolute atomic E-state index is 14.2. The molecule has 3 aromatic rings. The van der Waals surface area contributed by atoms with Gasteiger partial charge in [-0.3, -0.25) is 9.58 Å². The Morgan fingerprint density at radius 2 is 1.85 bits per heavy atom. The summed E-state index contributed by atoms with van der Waals surface area (Å²) in [6.45, 7) is 4.36. The second-order valence-electron chi connectivity index (χ2n) is 6.75. The molecule has 0 saturated carbocycles. The van der Waals surface area contributed by atoms with E-state index in [4.69, 9.17) is 11.6 Å². The van der Waals surface area contributed by atoms with Gasteiger partial charge in [-0.15, -0.1) is 0 Å². The fourth-order valence-corrected chi connectivity index (χ4v) is 3.58. The zero-order chi connectivity index (χ0) is 18.8. The predicted octanol–water partition coefficient (Wildman–Crippen LogP) is 3.60. The molecular formula is C20H21ClFN5. The zero-order valence-corrected chi connectivity index (χ0v) is 15.9. The molecule has 27 heavy (non-hydrogen) atoms. The zero-order valence-electron chi connectivity index (χ0n) is 15.1. The van der Waals surface area contributed by atoms with Crippen molar-refractivity contribution in [3.8, 4) is 11.3 Å². The Hall–Kier alpha value is -2.44. The van der Waals surface area contributed by atoms with Crippen LogP contribution in [0.4, 0.5) is 10.2 Å². The van der Waals surface area contributed by atoms with Crippen LogP contribution in [0.1, 0.15) is 5.56 Å². The van der Waals surface area contributed by atoms with Gasteiger partial charge in [0.1, 0.15) is 11.6 Å². The molecule has 1 fully saturated rings. The second-order valence-corrected chi connectivity index (χ2v) is 7.19. The summed E-state index contributed by atoms with van der Waals surface area (Å²) in [5.41, 5.74) is 2.31. The number of pyridine rings is 1. The lowest BCUT2D eigenvalue weighted by Gasteiger charge is -2.35. The number of hydrogen-bond donors (Lipinski definition) is 0. The highest BCUT2D eigenvalue weighted by molar-refractivity contribution is 6.30. The van der Waals surface area contributed by atoms with Crippen molar-refractivity contribution in [3.63, 3.8) is 0 Å². The minimum atomic E-state index is -0.240. The fourth-order valence-electron chi connectivity index (χ4n) is 3.46. The van der Waals surface area contributed by atoms with E-state index in [1.165, 1.54) is 6.07 Å². The smallest absolute Gasteiger partial charge is 0.132 e. The summed E-state index contributed by atoms with van der Waals surface area (Å²) in [5.74, 6) is 0.712. The molecule has 0 aliphatic carbocycles. The van der Waals surface area contributed by atoms with E-state index in [1.807, 2.05) is 31.4 Å². The van der Waals surface area contributed by atoms with Crippen molar-refractivity contribution in [2.75, 3.05) is 31.1 Å². The summed E-state index contributed by atoms with van der Waals surface area (Å²) in [7, 11) is 1.87. The van der Waals surface area contributed by atoms with Gasteiger partial charge in [-0.05, 0) is 24.3 Å². The molecule has 0 bridgehead atoms. The predicted molar refractivity (Wildman–Crippen MR) is 105 cm³/mol. The molecule has 1 aliphatic rings. The first kappa shape index (κ1) is 17.9. The van der Waals surface area contributed by atoms with Crippen molar-refractivity contribution in [2.45, 2.75) is 6.54 Å². The topological polar surface area (TPSA) is 37.2 Å². The van der Waals surface area contributed by atoms with Crippen molar-refractivity contribution in [1.29, 1.82) is 0 Å². The molecule has 140 valence electrons. The van der Waals surface area contributed by atoms with E-state index in [0.29, 0.717) is 10.6 Å². The molecule has 0 amide bonds. The summed E-state index contributed by atoms with van der Waals surface area (Å²) >= 11 is 5.92. The highest BCUT2D eigenvalue weighted by Gasteiger charge is 2.21. The van der Waals surface area contributed by atoms with Crippen LogP contribution in [0, 0.1) is 5.82 Å². The van der Waals surface area contributed by atoms with Crippen LogP contribution in [-0.4, -0.2) is 45.8 Å². The van der Waals surface area contributed by atoms with Crippen LogP contribution in [-0.2, 0) is 13.6 Å². The molecule has 4 rings (SSSR count). The molecule has 0 atom stereocenters. The van der Waals surface area contributed by atoms with Gasteiger partial charge in [0, 0.05) is 63.3 Å². The Morgan fingerprint density at radius 1 is 1.07 bits per heavy atom. The van der Waals surface area contributed by atoms with Crippen molar-refractivity contribution in [3.05, 3.63) is 65.2 Å². The molecule has 1 aliphatic heterocycles. The van der Waals surface area contributed by atoms with E-state index in [-0.39, 0.29) is 5.82 Å². The van der Waals surface area contributed by atoms with E-state index in [9.17, 15) is 4.39 Å². The molecule has 7 heteroatoms. The molecular weight excluding hydrogens is 365 g/mol. The minimum Gasteiger partial charge on any atom is -0.354 e. The number of rotatable bonds is 4. The highest BCUT2D eigenvalue weighted by atomic mass is 35.5. The van der Waals surface area contributed by atoms with E-state index in [0.717, 1.165) is 49.8 Å². The SMILES string of the molecule is Cn1cc(CN2CCN(c3ccc(Cl)cn3)CC2)c(-c2ccccc2F)n1. The summed E-state index contributed by atoms with van der Waals surface area (Å²) in [5, 5.41) is 5.14. The molecule has 0 unspecified atom stereocenters. The Morgan fingerprint density at radius 3 is 2.56 bits per heavy atom. The number of aromatic nitrogens is 3. The monoisotopic (exact) mass is 385 g/mol. The molecule has 0 radical (unpaired) electrons. The number of nitrogens with zero attached hydrogens (tertiary/aromatic N) is 5. The Labute approximate surface area is 163 Å². The van der Waals surface area contributed by atoms with Crippen LogP contribution < -0.4 is 4.90 Å². The van der Waals surface area contributed by atoms with E-state index in [2.05, 4.69) is 19.9 Å². The van der Waals surface area contributed by atoms with E-state index >= 15 is 0 Å². The van der Waals surface area contributed by atoms with E-state index < -0.39 is 0 Å². The Bertz CT molecular complexity index is 916. The fraction of sp³-hybridized carbons (Fsp3) is 0.300. The lowest BCUT2D eigenvalue weighted by atomic mass is 10.1.